The second kappa shape index (κ2) is 7.57. The van der Waals surface area contributed by atoms with Gasteiger partial charge in [0, 0.05) is 18.4 Å². The summed E-state index contributed by atoms with van der Waals surface area (Å²) >= 11 is 0. The van der Waals surface area contributed by atoms with Crippen LogP contribution < -0.4 is 15.8 Å². The minimum Gasteiger partial charge on any atom is -0.350 e. The van der Waals surface area contributed by atoms with Gasteiger partial charge in [0.15, 0.2) is 5.69 Å². The normalized spacial score (nSPS) is 20.9. The molecule has 0 spiro atoms. The summed E-state index contributed by atoms with van der Waals surface area (Å²) in [6.07, 6.45) is 4.90. The molecule has 0 radical (unpaired) electrons. The van der Waals surface area contributed by atoms with Crippen LogP contribution in [-0.4, -0.2) is 41.8 Å². The minimum absolute atomic E-state index is 0.232. The van der Waals surface area contributed by atoms with Crippen LogP contribution in [0, 0.1) is 0 Å². The molecule has 0 aliphatic carbocycles. The number of fused-ring (bicyclic) bond motifs is 1. The molecular formula is C18H25N4O2+. The molecular weight excluding hydrogens is 304 g/mol. The van der Waals surface area contributed by atoms with E-state index in [1.165, 1.54) is 25.8 Å². The van der Waals surface area contributed by atoms with Gasteiger partial charge in [0.1, 0.15) is 0 Å². The zero-order chi connectivity index (χ0) is 16.9. The van der Waals surface area contributed by atoms with Crippen molar-refractivity contribution in [1.29, 1.82) is 0 Å². The van der Waals surface area contributed by atoms with E-state index < -0.39 is 0 Å². The molecule has 1 amide bonds. The Balaban J connectivity index is 1.58. The Hall–Kier alpha value is -2.21. The van der Waals surface area contributed by atoms with Crippen LogP contribution in [0.15, 0.2) is 29.1 Å². The fourth-order valence-electron chi connectivity index (χ4n) is 3.51. The highest BCUT2D eigenvalue weighted by Gasteiger charge is 2.21. The largest absolute Gasteiger partial charge is 0.350 e. The number of carbonyl (C=O) groups is 1. The monoisotopic (exact) mass is 329 g/mol. The van der Waals surface area contributed by atoms with Gasteiger partial charge in [-0.25, -0.2) is 5.10 Å². The van der Waals surface area contributed by atoms with E-state index in [2.05, 4.69) is 22.4 Å². The van der Waals surface area contributed by atoms with E-state index >= 15 is 0 Å². The van der Waals surface area contributed by atoms with Crippen LogP contribution >= 0.6 is 0 Å². The van der Waals surface area contributed by atoms with Crippen LogP contribution in [0.2, 0.25) is 0 Å². The SMILES string of the molecule is C[C@@H]1CCCC[NH+]1CCCNC(=O)c1n[nH]c(=O)c2ccccc12. The predicted octanol–water partition coefficient (Wildman–Crippen LogP) is 0.500. The fraction of sp³-hybridized carbons (Fsp3) is 0.500. The third-order valence-corrected chi connectivity index (χ3v) is 4.95. The summed E-state index contributed by atoms with van der Waals surface area (Å²) in [4.78, 5) is 25.8. The average Bonchev–Trinajstić information content (AvgIpc) is 2.60. The zero-order valence-electron chi connectivity index (χ0n) is 14.1. The van der Waals surface area contributed by atoms with Crippen LogP contribution in [0.25, 0.3) is 10.8 Å². The van der Waals surface area contributed by atoms with Crippen molar-refractivity contribution in [2.24, 2.45) is 0 Å². The summed E-state index contributed by atoms with van der Waals surface area (Å²) in [5, 5.41) is 10.3. The van der Waals surface area contributed by atoms with Crippen LogP contribution in [0.4, 0.5) is 0 Å². The number of benzene rings is 1. The number of piperidine rings is 1. The third-order valence-electron chi connectivity index (χ3n) is 4.95. The van der Waals surface area contributed by atoms with Gasteiger partial charge < -0.3 is 10.2 Å². The molecule has 6 heteroatoms. The molecule has 0 saturated carbocycles. The first-order valence-corrected chi connectivity index (χ1v) is 8.77. The number of amides is 1. The van der Waals surface area contributed by atoms with Crippen LogP contribution in [0.3, 0.4) is 0 Å². The minimum atomic E-state index is -0.273. The molecule has 6 nitrogen and oxygen atoms in total. The summed E-state index contributed by atoms with van der Waals surface area (Å²) in [6.45, 7) is 5.26. The lowest BCUT2D eigenvalue weighted by atomic mass is 10.0. The van der Waals surface area contributed by atoms with Crippen molar-refractivity contribution in [3.63, 3.8) is 0 Å². The highest BCUT2D eigenvalue weighted by molar-refractivity contribution is 6.04. The van der Waals surface area contributed by atoms with Gasteiger partial charge in [0.05, 0.1) is 24.5 Å². The Labute approximate surface area is 141 Å². The molecule has 2 aromatic rings. The van der Waals surface area contributed by atoms with Crippen molar-refractivity contribution in [3.8, 4) is 0 Å². The summed E-state index contributed by atoms with van der Waals surface area (Å²) in [5.41, 5.74) is 0.00808. The first-order valence-electron chi connectivity index (χ1n) is 8.77. The number of nitrogens with one attached hydrogen (secondary N) is 3. The van der Waals surface area contributed by atoms with Crippen molar-refractivity contribution in [2.75, 3.05) is 19.6 Å². The molecule has 2 heterocycles. The average molecular weight is 329 g/mol. The molecule has 3 N–H and O–H groups in total. The lowest BCUT2D eigenvalue weighted by molar-refractivity contribution is -0.928. The quantitative estimate of drug-likeness (QED) is 0.699. The number of hydrogen-bond acceptors (Lipinski definition) is 3. The highest BCUT2D eigenvalue weighted by atomic mass is 16.2. The molecule has 1 aliphatic rings. The number of H-pyrrole nitrogens is 1. The fourth-order valence-corrected chi connectivity index (χ4v) is 3.51. The predicted molar refractivity (Wildman–Crippen MR) is 93.3 cm³/mol. The van der Waals surface area contributed by atoms with E-state index in [-0.39, 0.29) is 17.2 Å². The van der Waals surface area contributed by atoms with Crippen molar-refractivity contribution in [1.82, 2.24) is 15.5 Å². The van der Waals surface area contributed by atoms with Crippen LogP contribution in [0.1, 0.15) is 43.1 Å². The van der Waals surface area contributed by atoms with Gasteiger partial charge in [-0.2, -0.15) is 5.10 Å². The molecule has 1 aliphatic heterocycles. The Kier molecular flexibility index (Phi) is 5.25. The molecule has 24 heavy (non-hydrogen) atoms. The molecule has 1 fully saturated rings. The second-order valence-electron chi connectivity index (χ2n) is 6.61. The molecule has 0 bridgehead atoms. The van der Waals surface area contributed by atoms with Gasteiger partial charge >= 0.3 is 0 Å². The van der Waals surface area contributed by atoms with E-state index in [1.54, 1.807) is 29.2 Å². The smallest absolute Gasteiger partial charge is 0.272 e. The van der Waals surface area contributed by atoms with Crippen LogP contribution in [-0.2, 0) is 0 Å². The standard InChI is InChI=1S/C18H24N4O2/c1-13-7-4-5-11-22(13)12-6-10-19-18(24)16-14-8-2-3-9-15(14)17(23)21-20-16/h2-3,8-9,13H,4-7,10-12H2,1H3,(H,19,24)(H,21,23)/p+1/t13-/m1/s1. The molecule has 128 valence electrons. The van der Waals surface area contributed by atoms with Crippen LogP contribution in [0.5, 0.6) is 0 Å². The van der Waals surface area contributed by atoms with Gasteiger partial charge in [0.2, 0.25) is 0 Å². The number of carbonyl (C=O) groups excluding carboxylic acids is 1. The first kappa shape index (κ1) is 16.6. The number of aromatic amines is 1. The molecule has 1 aromatic carbocycles. The molecule has 2 atom stereocenters. The van der Waals surface area contributed by atoms with Gasteiger partial charge in [-0.15, -0.1) is 0 Å². The maximum atomic E-state index is 12.4. The van der Waals surface area contributed by atoms with E-state index in [0.29, 0.717) is 17.3 Å². The Bertz CT molecular complexity index is 771. The summed E-state index contributed by atoms with van der Waals surface area (Å²) in [7, 11) is 0. The summed E-state index contributed by atoms with van der Waals surface area (Å²) in [5.74, 6) is -0.232. The number of hydrogen-bond donors (Lipinski definition) is 3. The number of quaternary nitrogens is 1. The maximum absolute atomic E-state index is 12.4. The van der Waals surface area contributed by atoms with Crippen molar-refractivity contribution in [2.45, 2.75) is 38.6 Å². The van der Waals surface area contributed by atoms with E-state index in [9.17, 15) is 9.59 Å². The zero-order valence-corrected chi connectivity index (χ0v) is 14.1. The number of rotatable bonds is 5. The van der Waals surface area contributed by atoms with Crippen molar-refractivity contribution < 1.29 is 9.69 Å². The summed E-state index contributed by atoms with van der Waals surface area (Å²) < 4.78 is 0. The molecule has 1 saturated heterocycles. The third kappa shape index (κ3) is 3.64. The second-order valence-corrected chi connectivity index (χ2v) is 6.61. The lowest BCUT2D eigenvalue weighted by Crippen LogP contribution is -3.16. The number of aromatic nitrogens is 2. The highest BCUT2D eigenvalue weighted by Crippen LogP contribution is 2.11. The number of likely N-dealkylation sites (tertiary alicyclic amines) is 1. The molecule has 1 unspecified atom stereocenters. The maximum Gasteiger partial charge on any atom is 0.272 e. The van der Waals surface area contributed by atoms with Gasteiger partial charge in [0.25, 0.3) is 11.5 Å². The Morgan fingerprint density at radius 2 is 2.12 bits per heavy atom. The van der Waals surface area contributed by atoms with Gasteiger partial charge in [-0.05, 0) is 32.3 Å². The van der Waals surface area contributed by atoms with Crippen molar-refractivity contribution in [3.05, 3.63) is 40.3 Å². The first-order chi connectivity index (χ1) is 11.7. The van der Waals surface area contributed by atoms with E-state index in [4.69, 9.17) is 0 Å². The lowest BCUT2D eigenvalue weighted by Gasteiger charge is -2.30. The van der Waals surface area contributed by atoms with E-state index in [1.807, 2.05) is 0 Å². The topological polar surface area (TPSA) is 79.3 Å². The number of nitrogens with zero attached hydrogens (tertiary/aromatic N) is 1. The van der Waals surface area contributed by atoms with Gasteiger partial charge in [-0.1, -0.05) is 18.2 Å². The van der Waals surface area contributed by atoms with Gasteiger partial charge in [-0.3, -0.25) is 9.59 Å². The molecule has 1 aromatic heterocycles. The summed E-state index contributed by atoms with van der Waals surface area (Å²) in [6, 6.07) is 7.77. The Morgan fingerprint density at radius 1 is 1.33 bits per heavy atom. The Morgan fingerprint density at radius 3 is 2.92 bits per heavy atom. The van der Waals surface area contributed by atoms with E-state index in [0.717, 1.165) is 19.0 Å². The van der Waals surface area contributed by atoms with Crippen molar-refractivity contribution >= 4 is 16.7 Å². The molecule has 3 rings (SSSR count).